The van der Waals surface area contributed by atoms with Gasteiger partial charge in [-0.05, 0) is 43.4 Å². The van der Waals surface area contributed by atoms with Gasteiger partial charge in [0.2, 0.25) is 0 Å². The highest BCUT2D eigenvalue weighted by Gasteiger charge is 2.36. The van der Waals surface area contributed by atoms with Gasteiger partial charge >= 0.3 is 0 Å². The molecule has 0 nitrogen and oxygen atoms in total. The number of hydrogen-bond acceptors (Lipinski definition) is 0. The maximum Gasteiger partial charge on any atom is -0.0269 e. The highest BCUT2D eigenvalue weighted by atomic mass is 14.4. The minimum Gasteiger partial charge on any atom is -0.0654 e. The van der Waals surface area contributed by atoms with Crippen LogP contribution in [-0.2, 0) is 0 Å². The lowest BCUT2D eigenvalue weighted by atomic mass is 9.62. The van der Waals surface area contributed by atoms with Crippen molar-refractivity contribution in [2.45, 2.75) is 349 Å². The van der Waals surface area contributed by atoms with E-state index in [-0.39, 0.29) is 0 Å². The topological polar surface area (TPSA) is 0 Å². The van der Waals surface area contributed by atoms with Crippen LogP contribution in [0.5, 0.6) is 0 Å². The Hall–Kier alpha value is 0. The molecular weight excluding hydrogens is 673 g/mol. The summed E-state index contributed by atoms with van der Waals surface area (Å²) < 4.78 is 0. The molecule has 0 aliphatic rings. The molecule has 0 aromatic carbocycles. The summed E-state index contributed by atoms with van der Waals surface area (Å²) in [5.41, 5.74) is 0.630. The van der Waals surface area contributed by atoms with Gasteiger partial charge in [0.05, 0.1) is 0 Å². The van der Waals surface area contributed by atoms with Crippen molar-refractivity contribution in [3.05, 3.63) is 0 Å². The van der Waals surface area contributed by atoms with Crippen LogP contribution < -0.4 is 0 Å². The quantitative estimate of drug-likeness (QED) is 0.0539. The molecule has 0 rings (SSSR count). The summed E-state index contributed by atoms with van der Waals surface area (Å²) in [7, 11) is 0. The average molecular weight is 788 g/mol. The van der Waals surface area contributed by atoms with Crippen molar-refractivity contribution in [3.63, 3.8) is 0 Å². The predicted octanol–water partition coefficient (Wildman–Crippen LogP) is 21.8. The predicted molar refractivity (Wildman–Crippen MR) is 261 cm³/mol. The third-order valence-corrected chi connectivity index (χ3v) is 14.3. The van der Waals surface area contributed by atoms with E-state index in [4.69, 9.17) is 0 Å². The molecule has 0 unspecified atom stereocenters. The normalized spacial score (nSPS) is 12.1. The van der Waals surface area contributed by atoms with E-state index in [1.54, 1.807) is 32.1 Å². The lowest BCUT2D eigenvalue weighted by molar-refractivity contribution is 0.0813. The Kier molecular flexibility index (Phi) is 47.7. The molecule has 0 aromatic heterocycles. The van der Waals surface area contributed by atoms with Crippen molar-refractivity contribution in [2.24, 2.45) is 11.3 Å². The summed E-state index contributed by atoms with van der Waals surface area (Å²) >= 11 is 0. The third kappa shape index (κ3) is 38.2. The minimum atomic E-state index is 0.630. The van der Waals surface area contributed by atoms with Crippen LogP contribution in [0.15, 0.2) is 0 Å². The second kappa shape index (κ2) is 47.7. The zero-order valence-corrected chi connectivity index (χ0v) is 40.7. The zero-order valence-electron chi connectivity index (χ0n) is 40.7. The fourth-order valence-electron chi connectivity index (χ4n) is 10.3. The van der Waals surface area contributed by atoms with E-state index in [0.717, 1.165) is 5.92 Å². The highest BCUT2D eigenvalue weighted by molar-refractivity contribution is 4.87. The molecule has 0 aromatic rings. The van der Waals surface area contributed by atoms with Gasteiger partial charge in [-0.3, -0.25) is 0 Å². The molecule has 0 aliphatic carbocycles. The smallest absolute Gasteiger partial charge is 0.0269 e. The molecule has 0 N–H and O–H groups in total. The van der Waals surface area contributed by atoms with Crippen molar-refractivity contribution >= 4 is 0 Å². The molecule has 0 bridgehead atoms. The van der Waals surface area contributed by atoms with Crippen molar-refractivity contribution in [3.8, 4) is 0 Å². The fourth-order valence-corrected chi connectivity index (χ4v) is 10.3. The van der Waals surface area contributed by atoms with Gasteiger partial charge in [0.25, 0.3) is 0 Å². The molecule has 0 heterocycles. The molecule has 0 saturated carbocycles. The molecule has 0 saturated heterocycles. The summed E-state index contributed by atoms with van der Waals surface area (Å²) in [5, 5.41) is 0. The van der Waals surface area contributed by atoms with Gasteiger partial charge in [0.15, 0.2) is 0 Å². The third-order valence-electron chi connectivity index (χ3n) is 14.3. The Morgan fingerprint density at radius 3 is 0.554 bits per heavy atom. The minimum absolute atomic E-state index is 0.630. The van der Waals surface area contributed by atoms with Crippen LogP contribution in [0.25, 0.3) is 0 Å². The van der Waals surface area contributed by atoms with Crippen LogP contribution in [0.2, 0.25) is 0 Å². The SMILES string of the molecule is CCCCCCCCCCCCCCC(CCCCCCCCCC)(CCCCCCCCCC)C(CCCCCCCCCC)CCCCCCCCCC. The maximum atomic E-state index is 2.36. The number of hydrogen-bond donors (Lipinski definition) is 0. The first-order chi connectivity index (χ1) is 27.7. The van der Waals surface area contributed by atoms with Crippen LogP contribution in [-0.4, -0.2) is 0 Å². The van der Waals surface area contributed by atoms with Crippen molar-refractivity contribution in [2.75, 3.05) is 0 Å². The van der Waals surface area contributed by atoms with E-state index in [9.17, 15) is 0 Å². The van der Waals surface area contributed by atoms with Gasteiger partial charge in [-0.15, -0.1) is 0 Å². The largest absolute Gasteiger partial charge is 0.0654 e. The second-order valence-corrected chi connectivity index (χ2v) is 19.7. The summed E-state index contributed by atoms with van der Waals surface area (Å²) in [6.07, 6.45) is 72.7. The van der Waals surface area contributed by atoms with Gasteiger partial charge in [-0.1, -0.05) is 317 Å². The van der Waals surface area contributed by atoms with Gasteiger partial charge < -0.3 is 0 Å². The Labute approximate surface area is 359 Å². The van der Waals surface area contributed by atoms with Gasteiger partial charge in [0, 0.05) is 0 Å². The summed E-state index contributed by atoms with van der Waals surface area (Å²) in [4.78, 5) is 0. The maximum absolute atomic E-state index is 2.36. The van der Waals surface area contributed by atoms with Gasteiger partial charge in [0.1, 0.15) is 0 Å². The number of unbranched alkanes of at least 4 members (excludes halogenated alkanes) is 39. The van der Waals surface area contributed by atoms with E-state index < -0.39 is 0 Å². The second-order valence-electron chi connectivity index (χ2n) is 19.7. The average Bonchev–Trinajstić information content (AvgIpc) is 3.21. The molecule has 0 aliphatic heterocycles. The molecule has 0 amide bonds. The van der Waals surface area contributed by atoms with Crippen LogP contribution in [0.1, 0.15) is 349 Å². The highest BCUT2D eigenvalue weighted by Crippen LogP contribution is 2.48. The van der Waals surface area contributed by atoms with Crippen molar-refractivity contribution in [1.82, 2.24) is 0 Å². The Morgan fingerprint density at radius 2 is 0.357 bits per heavy atom. The first-order valence-electron chi connectivity index (χ1n) is 27.7. The fraction of sp³-hybridized carbons (Fsp3) is 1.00. The Balaban J connectivity index is 5.69. The monoisotopic (exact) mass is 787 g/mol. The molecule has 0 atom stereocenters. The first kappa shape index (κ1) is 56.0. The molecule has 0 spiro atoms. The lowest BCUT2D eigenvalue weighted by Crippen LogP contribution is -2.32. The van der Waals surface area contributed by atoms with Crippen LogP contribution in [0.4, 0.5) is 0 Å². The summed E-state index contributed by atoms with van der Waals surface area (Å²) in [5.74, 6) is 0.990. The lowest BCUT2D eigenvalue weighted by Gasteiger charge is -2.43. The van der Waals surface area contributed by atoms with Crippen molar-refractivity contribution in [1.29, 1.82) is 0 Å². The zero-order chi connectivity index (χ0) is 40.7. The first-order valence-corrected chi connectivity index (χ1v) is 27.7. The van der Waals surface area contributed by atoms with Gasteiger partial charge in [-0.2, -0.15) is 0 Å². The van der Waals surface area contributed by atoms with Gasteiger partial charge in [-0.25, -0.2) is 0 Å². The molecule has 0 fully saturated rings. The van der Waals surface area contributed by atoms with Crippen molar-refractivity contribution < 1.29 is 0 Å². The Bertz CT molecular complexity index is 638. The molecule has 0 radical (unpaired) electrons. The summed E-state index contributed by atoms with van der Waals surface area (Å²) in [6.45, 7) is 11.8. The van der Waals surface area contributed by atoms with Crippen LogP contribution in [0, 0.1) is 11.3 Å². The molecule has 338 valence electrons. The van der Waals surface area contributed by atoms with E-state index in [1.165, 1.54) is 283 Å². The van der Waals surface area contributed by atoms with E-state index >= 15 is 0 Å². The van der Waals surface area contributed by atoms with E-state index in [1.807, 2.05) is 0 Å². The molecule has 0 heteroatoms. The van der Waals surface area contributed by atoms with E-state index in [0.29, 0.717) is 5.41 Å². The van der Waals surface area contributed by atoms with Crippen LogP contribution >= 0.6 is 0 Å². The standard InChI is InChI=1S/C56H114/c1-6-11-16-21-26-31-32-33-34-39-44-49-54-56(52-47-42-37-29-24-19-14-9-4,53-48-43-38-30-25-20-15-10-5)55(50-45-40-35-27-22-17-12-7-2)51-46-41-36-28-23-18-13-8-3/h55H,6-54H2,1-5H3. The van der Waals surface area contributed by atoms with E-state index in [2.05, 4.69) is 34.6 Å². The molecular formula is C56H114. The summed E-state index contributed by atoms with van der Waals surface area (Å²) in [6, 6.07) is 0. The Morgan fingerprint density at radius 1 is 0.196 bits per heavy atom. The number of rotatable bonds is 50. The molecule has 56 heavy (non-hydrogen) atoms. The van der Waals surface area contributed by atoms with Crippen LogP contribution in [0.3, 0.4) is 0 Å².